The van der Waals surface area contributed by atoms with Crippen LogP contribution in [0.5, 0.6) is 11.5 Å². The van der Waals surface area contributed by atoms with Gasteiger partial charge in [-0.15, -0.1) is 0 Å². The maximum atomic E-state index is 11.2. The van der Waals surface area contributed by atoms with Gasteiger partial charge < -0.3 is 19.5 Å². The van der Waals surface area contributed by atoms with Crippen LogP contribution in [0.3, 0.4) is 0 Å². The number of pyridine rings is 1. The van der Waals surface area contributed by atoms with Crippen molar-refractivity contribution in [3.63, 3.8) is 0 Å². The standard InChI is InChI=1S/C18H19N3O5/c22-21(23)14-2-1-7-19-17(14)20-11-18(5-8-24-9-6-18)13-3-4-15-16(10-13)26-12-25-15/h1-4,7,10H,5-6,8-9,11-12H2,(H,19,20). The molecule has 8 heteroatoms. The lowest BCUT2D eigenvalue weighted by Gasteiger charge is -2.38. The van der Waals surface area contributed by atoms with Crippen molar-refractivity contribution in [3.8, 4) is 11.5 Å². The highest BCUT2D eigenvalue weighted by atomic mass is 16.7. The van der Waals surface area contributed by atoms with Crippen LogP contribution in [0.15, 0.2) is 36.5 Å². The van der Waals surface area contributed by atoms with Crippen LogP contribution in [0.2, 0.25) is 0 Å². The molecule has 1 N–H and O–H groups in total. The molecule has 2 aliphatic rings. The Kier molecular flexibility index (Phi) is 4.34. The molecule has 0 unspecified atom stereocenters. The predicted molar refractivity (Wildman–Crippen MR) is 93.7 cm³/mol. The first kappa shape index (κ1) is 16.6. The van der Waals surface area contributed by atoms with E-state index < -0.39 is 4.92 Å². The molecule has 3 heterocycles. The molecule has 0 spiro atoms. The molecule has 0 saturated carbocycles. The summed E-state index contributed by atoms with van der Waals surface area (Å²) in [6.07, 6.45) is 3.16. The highest BCUT2D eigenvalue weighted by Crippen LogP contribution is 2.41. The second-order valence-electron chi connectivity index (χ2n) is 6.44. The first-order valence-electron chi connectivity index (χ1n) is 8.49. The van der Waals surface area contributed by atoms with Crippen molar-refractivity contribution in [3.05, 3.63) is 52.2 Å². The number of nitrogens with zero attached hydrogens (tertiary/aromatic N) is 2. The zero-order chi connectivity index (χ0) is 18.0. The minimum Gasteiger partial charge on any atom is -0.454 e. The molecule has 1 aromatic heterocycles. The molecule has 0 atom stereocenters. The van der Waals surface area contributed by atoms with Crippen LogP contribution in [-0.4, -0.2) is 36.5 Å². The van der Waals surface area contributed by atoms with Crippen LogP contribution >= 0.6 is 0 Å². The molecular formula is C18H19N3O5. The van der Waals surface area contributed by atoms with Crippen LogP contribution in [0, 0.1) is 10.1 Å². The molecule has 0 amide bonds. The summed E-state index contributed by atoms with van der Waals surface area (Å²) in [6.45, 7) is 2.03. The number of rotatable bonds is 5. The number of anilines is 1. The largest absolute Gasteiger partial charge is 0.454 e. The van der Waals surface area contributed by atoms with E-state index in [1.165, 1.54) is 6.07 Å². The molecule has 2 aliphatic heterocycles. The summed E-state index contributed by atoms with van der Waals surface area (Å²) >= 11 is 0. The molecule has 1 aromatic carbocycles. The number of ether oxygens (including phenoxy) is 3. The molecule has 4 rings (SSSR count). The van der Waals surface area contributed by atoms with E-state index in [2.05, 4.69) is 10.3 Å². The van der Waals surface area contributed by atoms with Crippen molar-refractivity contribution in [1.82, 2.24) is 4.98 Å². The van der Waals surface area contributed by atoms with Crippen molar-refractivity contribution in [1.29, 1.82) is 0 Å². The van der Waals surface area contributed by atoms with Gasteiger partial charge in [0.1, 0.15) is 0 Å². The average Bonchev–Trinajstić information content (AvgIpc) is 3.15. The van der Waals surface area contributed by atoms with Gasteiger partial charge in [-0.2, -0.15) is 0 Å². The Balaban J connectivity index is 1.62. The van der Waals surface area contributed by atoms with Crippen molar-refractivity contribution >= 4 is 11.5 Å². The van der Waals surface area contributed by atoms with Crippen LogP contribution in [0.1, 0.15) is 18.4 Å². The Morgan fingerprint density at radius 3 is 2.81 bits per heavy atom. The highest BCUT2D eigenvalue weighted by Gasteiger charge is 2.36. The summed E-state index contributed by atoms with van der Waals surface area (Å²) in [7, 11) is 0. The van der Waals surface area contributed by atoms with Gasteiger partial charge in [-0.1, -0.05) is 6.07 Å². The van der Waals surface area contributed by atoms with E-state index in [1.807, 2.05) is 18.2 Å². The Bertz CT molecular complexity index is 820. The fraction of sp³-hybridized carbons (Fsp3) is 0.389. The molecule has 1 fully saturated rings. The Morgan fingerprint density at radius 2 is 2.00 bits per heavy atom. The zero-order valence-corrected chi connectivity index (χ0v) is 14.1. The second kappa shape index (κ2) is 6.80. The number of benzene rings is 1. The summed E-state index contributed by atoms with van der Waals surface area (Å²) in [5.41, 5.74) is 0.862. The Hall–Kier alpha value is -2.87. The van der Waals surface area contributed by atoms with E-state index in [-0.39, 0.29) is 23.7 Å². The molecule has 8 nitrogen and oxygen atoms in total. The molecular weight excluding hydrogens is 338 g/mol. The van der Waals surface area contributed by atoms with Gasteiger partial charge >= 0.3 is 5.69 Å². The number of nitrogens with one attached hydrogen (secondary N) is 1. The molecule has 0 aliphatic carbocycles. The number of aromatic nitrogens is 1. The third-order valence-electron chi connectivity index (χ3n) is 5.01. The van der Waals surface area contributed by atoms with E-state index in [9.17, 15) is 10.1 Å². The third-order valence-corrected chi connectivity index (χ3v) is 5.01. The smallest absolute Gasteiger partial charge is 0.311 e. The van der Waals surface area contributed by atoms with Gasteiger partial charge in [0.15, 0.2) is 11.5 Å². The number of nitro groups is 1. The van der Waals surface area contributed by atoms with Crippen molar-refractivity contribution < 1.29 is 19.1 Å². The van der Waals surface area contributed by atoms with Crippen LogP contribution < -0.4 is 14.8 Å². The molecule has 136 valence electrons. The van der Waals surface area contributed by atoms with Gasteiger partial charge in [0.05, 0.1) is 4.92 Å². The second-order valence-corrected chi connectivity index (χ2v) is 6.44. The normalized spacial score (nSPS) is 17.7. The minimum absolute atomic E-state index is 0.0274. The number of hydrogen-bond acceptors (Lipinski definition) is 7. The average molecular weight is 357 g/mol. The first-order valence-corrected chi connectivity index (χ1v) is 8.49. The van der Waals surface area contributed by atoms with Gasteiger partial charge in [0, 0.05) is 37.4 Å². The lowest BCUT2D eigenvalue weighted by molar-refractivity contribution is -0.384. The molecule has 2 aromatic rings. The minimum atomic E-state index is -0.424. The highest BCUT2D eigenvalue weighted by molar-refractivity contribution is 5.56. The van der Waals surface area contributed by atoms with E-state index in [0.717, 1.165) is 29.9 Å². The predicted octanol–water partition coefficient (Wildman–Crippen LogP) is 2.88. The van der Waals surface area contributed by atoms with Crippen molar-refractivity contribution in [2.24, 2.45) is 0 Å². The van der Waals surface area contributed by atoms with E-state index in [0.29, 0.717) is 19.8 Å². The molecule has 1 saturated heterocycles. The fourth-order valence-corrected chi connectivity index (χ4v) is 3.49. The summed E-state index contributed by atoms with van der Waals surface area (Å²) < 4.78 is 16.5. The maximum absolute atomic E-state index is 11.2. The zero-order valence-electron chi connectivity index (χ0n) is 14.1. The third kappa shape index (κ3) is 3.03. The molecule has 0 bridgehead atoms. The lowest BCUT2D eigenvalue weighted by Crippen LogP contribution is -2.40. The van der Waals surface area contributed by atoms with Gasteiger partial charge in [-0.25, -0.2) is 4.98 Å². The topological polar surface area (TPSA) is 95.8 Å². The van der Waals surface area contributed by atoms with Crippen LogP contribution in [0.25, 0.3) is 0 Å². The van der Waals surface area contributed by atoms with E-state index in [4.69, 9.17) is 14.2 Å². The summed E-state index contributed by atoms with van der Waals surface area (Å²) in [6, 6.07) is 8.96. The lowest BCUT2D eigenvalue weighted by atomic mass is 9.74. The molecule has 0 radical (unpaired) electrons. The fourth-order valence-electron chi connectivity index (χ4n) is 3.49. The van der Waals surface area contributed by atoms with Gasteiger partial charge in [-0.3, -0.25) is 10.1 Å². The van der Waals surface area contributed by atoms with Crippen LogP contribution in [-0.2, 0) is 10.2 Å². The number of hydrogen-bond donors (Lipinski definition) is 1. The number of fused-ring (bicyclic) bond motifs is 1. The monoisotopic (exact) mass is 357 g/mol. The summed E-state index contributed by atoms with van der Waals surface area (Å²) in [5, 5.41) is 14.4. The first-order chi connectivity index (χ1) is 12.7. The SMILES string of the molecule is O=[N+]([O-])c1cccnc1NCC1(c2ccc3c(c2)OCO3)CCOCC1. The van der Waals surface area contributed by atoms with Gasteiger partial charge in [0.25, 0.3) is 0 Å². The Morgan fingerprint density at radius 1 is 1.19 bits per heavy atom. The molecule has 26 heavy (non-hydrogen) atoms. The summed E-state index contributed by atoms with van der Waals surface area (Å²) in [5.74, 6) is 1.76. The van der Waals surface area contributed by atoms with Crippen molar-refractivity contribution in [2.75, 3.05) is 31.9 Å². The quantitative estimate of drug-likeness (QED) is 0.649. The summed E-state index contributed by atoms with van der Waals surface area (Å²) in [4.78, 5) is 14.9. The van der Waals surface area contributed by atoms with E-state index in [1.54, 1.807) is 12.3 Å². The maximum Gasteiger partial charge on any atom is 0.311 e. The van der Waals surface area contributed by atoms with Crippen LogP contribution in [0.4, 0.5) is 11.5 Å². The van der Waals surface area contributed by atoms with Gasteiger partial charge in [0.2, 0.25) is 12.6 Å². The van der Waals surface area contributed by atoms with E-state index >= 15 is 0 Å². The van der Waals surface area contributed by atoms with Gasteiger partial charge in [-0.05, 0) is 36.6 Å². The van der Waals surface area contributed by atoms with Crippen molar-refractivity contribution in [2.45, 2.75) is 18.3 Å². The Labute approximate surface area is 150 Å².